The zero-order chi connectivity index (χ0) is 28.6. The number of rotatable bonds is 10. The van der Waals surface area contributed by atoms with Crippen molar-refractivity contribution in [3.8, 4) is 6.07 Å². The molecule has 2 aliphatic rings. The summed E-state index contributed by atoms with van der Waals surface area (Å²) in [5.74, 6) is 0.820. The number of nitrogens with zero attached hydrogens (tertiary/aromatic N) is 6. The Hall–Kier alpha value is -3.88. The first-order valence-electron chi connectivity index (χ1n) is 13.8. The van der Waals surface area contributed by atoms with Crippen molar-refractivity contribution in [1.29, 1.82) is 5.26 Å². The number of ether oxygens (including phenoxy) is 1. The number of aryl methyl sites for hydroxylation is 2. The van der Waals surface area contributed by atoms with Crippen LogP contribution in [0.15, 0.2) is 18.3 Å². The number of amides is 3. The van der Waals surface area contributed by atoms with Crippen LogP contribution in [0.3, 0.4) is 0 Å². The summed E-state index contributed by atoms with van der Waals surface area (Å²) in [7, 11) is 3.39. The lowest BCUT2D eigenvalue weighted by Gasteiger charge is -2.30. The van der Waals surface area contributed by atoms with E-state index in [1.165, 1.54) is 11.1 Å². The molecule has 4 heterocycles. The number of carbonyl (C=O) groups excluding carboxylic acids is 3. The van der Waals surface area contributed by atoms with Crippen LogP contribution < -0.4 is 10.2 Å². The van der Waals surface area contributed by atoms with Gasteiger partial charge in [-0.2, -0.15) is 5.26 Å². The van der Waals surface area contributed by atoms with Crippen LogP contribution in [-0.4, -0.2) is 84.4 Å². The van der Waals surface area contributed by atoms with Crippen LogP contribution >= 0.6 is 0 Å². The van der Waals surface area contributed by atoms with Crippen molar-refractivity contribution in [2.75, 3.05) is 50.6 Å². The van der Waals surface area contributed by atoms with Crippen LogP contribution in [0.5, 0.6) is 0 Å². The fourth-order valence-electron chi connectivity index (χ4n) is 5.51. The lowest BCUT2D eigenvalue weighted by molar-refractivity contribution is -0.135. The van der Waals surface area contributed by atoms with E-state index in [9.17, 15) is 19.6 Å². The number of hydrogen-bond donors (Lipinski definition) is 1. The molecule has 2 aromatic heterocycles. The maximum Gasteiger partial charge on any atom is 0.328 e. The minimum Gasteiger partial charge on any atom is -0.385 e. The summed E-state index contributed by atoms with van der Waals surface area (Å²) in [5.41, 5.74) is 2.98. The van der Waals surface area contributed by atoms with Gasteiger partial charge in [0.05, 0.1) is 11.6 Å². The number of pyridine rings is 2. The second kappa shape index (κ2) is 13.5. The standard InChI is InChI=1S/C29H37N7O4/c1-4-35-11-6-10-25(35)28(38)34(2)18-22-14-21-8-5-12-36(27(21)32-24(22)19-37)29(39)33-26-15-20(9-7-13-40-3)23(16-30)17-31-26/h14-15,17,19,25H,4-13,18H2,1-3H3,(H,31,33,39)/t25-/m1/s1. The fourth-order valence-corrected chi connectivity index (χ4v) is 5.51. The second-order valence-corrected chi connectivity index (χ2v) is 10.2. The number of anilines is 2. The number of likely N-dealkylation sites (tertiary alicyclic amines) is 1. The summed E-state index contributed by atoms with van der Waals surface area (Å²) < 4.78 is 5.11. The van der Waals surface area contributed by atoms with Crippen LogP contribution in [-0.2, 0) is 28.9 Å². The summed E-state index contributed by atoms with van der Waals surface area (Å²) >= 11 is 0. The highest BCUT2D eigenvalue weighted by molar-refractivity contribution is 6.01. The first kappa shape index (κ1) is 29.1. The Bertz CT molecular complexity index is 1290. The molecule has 2 aliphatic heterocycles. The van der Waals surface area contributed by atoms with Crippen molar-refractivity contribution in [3.63, 3.8) is 0 Å². The third-order valence-corrected chi connectivity index (χ3v) is 7.61. The van der Waals surface area contributed by atoms with Gasteiger partial charge in [-0.1, -0.05) is 6.92 Å². The Kier molecular flexibility index (Phi) is 9.79. The number of nitrogens with one attached hydrogen (secondary N) is 1. The lowest BCUT2D eigenvalue weighted by atomic mass is 10.0. The summed E-state index contributed by atoms with van der Waals surface area (Å²) in [4.78, 5) is 52.7. The van der Waals surface area contributed by atoms with Crippen molar-refractivity contribution in [1.82, 2.24) is 19.8 Å². The molecule has 2 aromatic rings. The molecular weight excluding hydrogens is 510 g/mol. The van der Waals surface area contributed by atoms with E-state index in [-0.39, 0.29) is 24.2 Å². The molecular formula is C29H37N7O4. The van der Waals surface area contributed by atoms with Gasteiger partial charge < -0.3 is 9.64 Å². The maximum absolute atomic E-state index is 13.3. The van der Waals surface area contributed by atoms with E-state index in [1.54, 1.807) is 25.1 Å². The monoisotopic (exact) mass is 547 g/mol. The summed E-state index contributed by atoms with van der Waals surface area (Å²) in [6, 6.07) is 5.21. The molecule has 212 valence electrons. The predicted molar refractivity (Wildman–Crippen MR) is 150 cm³/mol. The average Bonchev–Trinajstić information content (AvgIpc) is 3.45. The minimum atomic E-state index is -0.411. The van der Waals surface area contributed by atoms with Crippen LogP contribution in [0.4, 0.5) is 16.4 Å². The normalized spacial score (nSPS) is 16.8. The number of fused-ring (bicyclic) bond motifs is 1. The van der Waals surface area contributed by atoms with E-state index >= 15 is 0 Å². The minimum absolute atomic E-state index is 0.0476. The third kappa shape index (κ3) is 6.46. The smallest absolute Gasteiger partial charge is 0.328 e. The zero-order valence-corrected chi connectivity index (χ0v) is 23.5. The molecule has 4 rings (SSSR count). The van der Waals surface area contributed by atoms with Gasteiger partial charge in [0.25, 0.3) is 0 Å². The quantitative estimate of drug-likeness (QED) is 0.354. The topological polar surface area (TPSA) is 132 Å². The molecule has 1 saturated heterocycles. The van der Waals surface area contributed by atoms with Crippen LogP contribution in [0.2, 0.25) is 0 Å². The maximum atomic E-state index is 13.3. The largest absolute Gasteiger partial charge is 0.385 e. The number of hydrogen-bond acceptors (Lipinski definition) is 8. The fraction of sp³-hybridized carbons (Fsp3) is 0.517. The van der Waals surface area contributed by atoms with Gasteiger partial charge in [0.1, 0.15) is 23.4 Å². The van der Waals surface area contributed by atoms with E-state index in [1.807, 2.05) is 6.07 Å². The molecule has 3 amide bonds. The van der Waals surface area contributed by atoms with Gasteiger partial charge in [0.2, 0.25) is 5.91 Å². The highest BCUT2D eigenvalue weighted by Gasteiger charge is 2.32. The van der Waals surface area contributed by atoms with Crippen molar-refractivity contribution in [3.05, 3.63) is 46.3 Å². The molecule has 40 heavy (non-hydrogen) atoms. The number of nitriles is 1. The van der Waals surface area contributed by atoms with E-state index in [0.717, 1.165) is 49.9 Å². The molecule has 0 spiro atoms. The van der Waals surface area contributed by atoms with Gasteiger partial charge >= 0.3 is 6.03 Å². The molecule has 1 fully saturated rings. The molecule has 0 bridgehead atoms. The Morgan fingerprint density at radius 3 is 2.83 bits per heavy atom. The molecule has 0 radical (unpaired) electrons. The summed E-state index contributed by atoms with van der Waals surface area (Å²) in [6.45, 7) is 5.08. The van der Waals surface area contributed by atoms with E-state index in [4.69, 9.17) is 4.74 Å². The van der Waals surface area contributed by atoms with Gasteiger partial charge in [-0.05, 0) is 74.9 Å². The van der Waals surface area contributed by atoms with Gasteiger partial charge in [0, 0.05) is 45.6 Å². The SMILES string of the molecule is CCN1CCC[C@@H]1C(=O)N(C)Cc1cc2c(nc1C=O)N(C(=O)Nc1cc(CCCOC)c(C#N)cn1)CCC2. The number of aromatic nitrogens is 2. The first-order chi connectivity index (χ1) is 19.4. The number of methoxy groups -OCH3 is 1. The summed E-state index contributed by atoms with van der Waals surface area (Å²) in [5, 5.41) is 12.2. The summed E-state index contributed by atoms with van der Waals surface area (Å²) in [6.07, 6.45) is 6.78. The first-order valence-corrected chi connectivity index (χ1v) is 13.8. The Morgan fingerprint density at radius 2 is 2.10 bits per heavy atom. The zero-order valence-electron chi connectivity index (χ0n) is 23.5. The molecule has 11 nitrogen and oxygen atoms in total. The van der Waals surface area contributed by atoms with Crippen molar-refractivity contribution < 1.29 is 19.1 Å². The van der Waals surface area contributed by atoms with Crippen molar-refractivity contribution in [2.45, 2.75) is 58.0 Å². The molecule has 0 saturated carbocycles. The molecule has 0 aliphatic carbocycles. The second-order valence-electron chi connectivity index (χ2n) is 10.2. The highest BCUT2D eigenvalue weighted by atomic mass is 16.5. The Labute approximate surface area is 235 Å². The van der Waals surface area contributed by atoms with Gasteiger partial charge in [-0.3, -0.25) is 24.7 Å². The molecule has 1 atom stereocenters. The van der Waals surface area contributed by atoms with E-state index in [2.05, 4.69) is 33.2 Å². The van der Waals surface area contributed by atoms with Crippen LogP contribution in [0.1, 0.15) is 65.3 Å². The highest BCUT2D eigenvalue weighted by Crippen LogP contribution is 2.29. The Balaban J connectivity index is 1.51. The van der Waals surface area contributed by atoms with E-state index in [0.29, 0.717) is 55.0 Å². The number of aldehydes is 1. The van der Waals surface area contributed by atoms with Crippen molar-refractivity contribution >= 4 is 29.9 Å². The van der Waals surface area contributed by atoms with Gasteiger partial charge in [-0.15, -0.1) is 0 Å². The van der Waals surface area contributed by atoms with Gasteiger partial charge in [0.15, 0.2) is 6.29 Å². The Morgan fingerprint density at radius 1 is 1.27 bits per heavy atom. The van der Waals surface area contributed by atoms with Crippen LogP contribution in [0.25, 0.3) is 0 Å². The van der Waals surface area contributed by atoms with Gasteiger partial charge in [-0.25, -0.2) is 14.8 Å². The molecule has 11 heteroatoms. The number of urea groups is 1. The lowest BCUT2D eigenvalue weighted by Crippen LogP contribution is -2.44. The molecule has 0 unspecified atom stereocenters. The molecule has 0 aromatic carbocycles. The number of likely N-dealkylation sites (N-methyl/N-ethyl adjacent to an activating group) is 2. The average molecular weight is 548 g/mol. The van der Waals surface area contributed by atoms with Crippen molar-refractivity contribution in [2.24, 2.45) is 0 Å². The number of carbonyl (C=O) groups is 3. The van der Waals surface area contributed by atoms with E-state index < -0.39 is 6.03 Å². The third-order valence-electron chi connectivity index (χ3n) is 7.61. The molecule has 1 N–H and O–H groups in total. The van der Waals surface area contributed by atoms with Crippen LogP contribution in [0, 0.1) is 11.3 Å². The predicted octanol–water partition coefficient (Wildman–Crippen LogP) is 3.17.